The molecule has 7 heteroatoms. The van der Waals surface area contributed by atoms with Crippen LogP contribution in [0.5, 0.6) is 0 Å². The van der Waals surface area contributed by atoms with E-state index in [0.717, 1.165) is 18.5 Å². The summed E-state index contributed by atoms with van der Waals surface area (Å²) < 4.78 is 0. The molecule has 2 aromatic carbocycles. The number of rotatable bonds is 4. The van der Waals surface area contributed by atoms with Crippen LogP contribution in [0.3, 0.4) is 0 Å². The second-order valence-corrected chi connectivity index (χ2v) is 6.35. The van der Waals surface area contributed by atoms with Gasteiger partial charge in [0.2, 0.25) is 0 Å². The van der Waals surface area contributed by atoms with Crippen molar-refractivity contribution < 1.29 is 4.79 Å². The largest absolute Gasteiger partial charge is 0.344 e. The summed E-state index contributed by atoms with van der Waals surface area (Å²) in [5.74, 6) is 0.123. The minimum atomic E-state index is -0.257. The summed E-state index contributed by atoms with van der Waals surface area (Å²) in [6.07, 6.45) is 1.86. The molecule has 3 aromatic rings. The first-order valence-corrected chi connectivity index (χ1v) is 8.40. The van der Waals surface area contributed by atoms with Gasteiger partial charge in [-0.1, -0.05) is 35.9 Å². The Kier molecular flexibility index (Phi) is 4.11. The maximum absolute atomic E-state index is 12.6. The maximum Gasteiger partial charge on any atom is 0.276 e. The first-order valence-electron chi connectivity index (χ1n) is 8.03. The fourth-order valence-electron chi connectivity index (χ4n) is 3.08. The van der Waals surface area contributed by atoms with Gasteiger partial charge in [0.05, 0.1) is 6.04 Å². The smallest absolute Gasteiger partial charge is 0.276 e. The van der Waals surface area contributed by atoms with Crippen molar-refractivity contribution in [3.8, 4) is 0 Å². The molecule has 0 radical (unpaired) electrons. The number of benzene rings is 2. The van der Waals surface area contributed by atoms with E-state index in [2.05, 4.69) is 38.2 Å². The Bertz CT molecular complexity index is 906. The summed E-state index contributed by atoms with van der Waals surface area (Å²) >= 11 is 5.89. The molecule has 4 rings (SSSR count). The van der Waals surface area contributed by atoms with E-state index in [9.17, 15) is 4.79 Å². The Labute approximate surface area is 149 Å². The zero-order valence-electron chi connectivity index (χ0n) is 13.3. The van der Waals surface area contributed by atoms with Crippen LogP contribution in [0.25, 0.3) is 0 Å². The molecule has 1 aliphatic carbocycles. The first kappa shape index (κ1) is 15.7. The topological polar surface area (TPSA) is 82.7 Å². The van der Waals surface area contributed by atoms with Gasteiger partial charge in [-0.2, -0.15) is 5.21 Å². The number of halogens is 1. The normalized spacial score (nSPS) is 15.6. The monoisotopic (exact) mass is 353 g/mol. The summed E-state index contributed by atoms with van der Waals surface area (Å²) in [6, 6.07) is 15.3. The fraction of sp³-hybridized carbons (Fsp3) is 0.167. The third-order valence-corrected chi connectivity index (χ3v) is 4.56. The average molecular weight is 354 g/mol. The molecule has 25 heavy (non-hydrogen) atoms. The highest BCUT2D eigenvalue weighted by Gasteiger charge is 2.26. The lowest BCUT2D eigenvalue weighted by Gasteiger charge is -2.13. The predicted octanol–water partition coefficient (Wildman–Crippen LogP) is 3.62. The van der Waals surface area contributed by atoms with Gasteiger partial charge in [0.15, 0.2) is 11.5 Å². The third-order valence-electron chi connectivity index (χ3n) is 4.31. The number of aryl methyl sites for hydroxylation is 1. The van der Waals surface area contributed by atoms with Crippen LogP contribution in [0.15, 0.2) is 48.5 Å². The van der Waals surface area contributed by atoms with Crippen LogP contribution in [-0.2, 0) is 6.42 Å². The summed E-state index contributed by atoms with van der Waals surface area (Å²) in [6.45, 7) is 0. The quantitative estimate of drug-likeness (QED) is 0.669. The first-order chi connectivity index (χ1) is 12.2. The highest BCUT2D eigenvalue weighted by molar-refractivity contribution is 6.30. The van der Waals surface area contributed by atoms with Crippen LogP contribution < -0.4 is 10.6 Å². The average Bonchev–Trinajstić information content (AvgIpc) is 3.24. The number of carbonyl (C=O) groups excluding carboxylic acids is 1. The standard InChI is InChI=1S/C18H16ClN5O/c19-12-6-8-13(9-7-12)20-17-16(22-24-23-17)18(25)21-15-10-5-11-3-1-2-4-14(11)15/h1-4,6-9,15H,5,10H2,(H,21,25)(H2,20,22,23,24). The number of amides is 1. The van der Waals surface area contributed by atoms with E-state index in [1.807, 2.05) is 24.3 Å². The number of nitrogens with zero attached hydrogens (tertiary/aromatic N) is 2. The number of aromatic amines is 1. The lowest BCUT2D eigenvalue weighted by molar-refractivity contribution is 0.0932. The van der Waals surface area contributed by atoms with Gasteiger partial charge in [0.1, 0.15) is 0 Å². The van der Waals surface area contributed by atoms with Gasteiger partial charge in [0, 0.05) is 10.7 Å². The molecule has 1 atom stereocenters. The van der Waals surface area contributed by atoms with Gasteiger partial charge < -0.3 is 10.6 Å². The lowest BCUT2D eigenvalue weighted by Crippen LogP contribution is -2.28. The fourth-order valence-corrected chi connectivity index (χ4v) is 3.21. The number of H-pyrrole nitrogens is 1. The van der Waals surface area contributed by atoms with Crippen molar-refractivity contribution in [2.24, 2.45) is 0 Å². The van der Waals surface area contributed by atoms with E-state index >= 15 is 0 Å². The molecule has 1 aliphatic rings. The Balaban J connectivity index is 1.50. The highest BCUT2D eigenvalue weighted by atomic mass is 35.5. The maximum atomic E-state index is 12.6. The molecule has 0 fully saturated rings. The number of nitrogens with one attached hydrogen (secondary N) is 3. The Hall–Kier alpha value is -2.86. The molecule has 1 aromatic heterocycles. The van der Waals surface area contributed by atoms with Crippen molar-refractivity contribution in [2.45, 2.75) is 18.9 Å². The molecule has 1 amide bonds. The Morgan fingerprint density at radius 3 is 2.76 bits per heavy atom. The van der Waals surface area contributed by atoms with Crippen molar-refractivity contribution in [2.75, 3.05) is 5.32 Å². The second-order valence-electron chi connectivity index (χ2n) is 5.92. The van der Waals surface area contributed by atoms with Gasteiger partial charge in [-0.05, 0) is 48.2 Å². The molecule has 1 heterocycles. The van der Waals surface area contributed by atoms with E-state index in [4.69, 9.17) is 11.6 Å². The third kappa shape index (κ3) is 3.21. The Morgan fingerprint density at radius 1 is 1.12 bits per heavy atom. The number of anilines is 2. The molecule has 6 nitrogen and oxygen atoms in total. The van der Waals surface area contributed by atoms with Crippen LogP contribution in [0.2, 0.25) is 5.02 Å². The zero-order valence-corrected chi connectivity index (χ0v) is 14.0. The van der Waals surface area contributed by atoms with Crippen molar-refractivity contribution in [3.05, 3.63) is 70.4 Å². The molecule has 3 N–H and O–H groups in total. The van der Waals surface area contributed by atoms with Crippen molar-refractivity contribution in [3.63, 3.8) is 0 Å². The number of carbonyl (C=O) groups is 1. The van der Waals surface area contributed by atoms with E-state index < -0.39 is 0 Å². The van der Waals surface area contributed by atoms with Crippen LogP contribution in [0.1, 0.15) is 34.1 Å². The van der Waals surface area contributed by atoms with E-state index in [1.54, 1.807) is 12.1 Å². The highest BCUT2D eigenvalue weighted by Crippen LogP contribution is 2.31. The van der Waals surface area contributed by atoms with Crippen molar-refractivity contribution in [1.82, 2.24) is 20.7 Å². The predicted molar refractivity (Wildman–Crippen MR) is 96.1 cm³/mol. The minimum Gasteiger partial charge on any atom is -0.344 e. The lowest BCUT2D eigenvalue weighted by atomic mass is 10.1. The molecule has 0 aliphatic heterocycles. The van der Waals surface area contributed by atoms with Crippen LogP contribution in [-0.4, -0.2) is 21.3 Å². The van der Waals surface area contributed by atoms with E-state index in [1.165, 1.54) is 11.1 Å². The van der Waals surface area contributed by atoms with Gasteiger partial charge >= 0.3 is 0 Å². The van der Waals surface area contributed by atoms with E-state index in [0.29, 0.717) is 10.8 Å². The molecule has 0 saturated carbocycles. The van der Waals surface area contributed by atoms with E-state index in [-0.39, 0.29) is 17.6 Å². The summed E-state index contributed by atoms with van der Waals surface area (Å²) in [4.78, 5) is 12.6. The van der Waals surface area contributed by atoms with Crippen LogP contribution in [0, 0.1) is 0 Å². The summed E-state index contributed by atoms with van der Waals surface area (Å²) in [5.41, 5.74) is 3.47. The number of hydrogen-bond acceptors (Lipinski definition) is 4. The summed E-state index contributed by atoms with van der Waals surface area (Å²) in [7, 11) is 0. The summed E-state index contributed by atoms with van der Waals surface area (Å²) in [5, 5.41) is 17.3. The minimum absolute atomic E-state index is 0.00350. The molecule has 0 spiro atoms. The van der Waals surface area contributed by atoms with Crippen molar-refractivity contribution >= 4 is 29.0 Å². The molecule has 0 bridgehead atoms. The number of fused-ring (bicyclic) bond motifs is 1. The van der Waals surface area contributed by atoms with Crippen LogP contribution >= 0.6 is 11.6 Å². The number of hydrogen-bond donors (Lipinski definition) is 3. The molecular weight excluding hydrogens is 338 g/mol. The van der Waals surface area contributed by atoms with Crippen molar-refractivity contribution in [1.29, 1.82) is 0 Å². The van der Waals surface area contributed by atoms with Gasteiger partial charge in [0.25, 0.3) is 5.91 Å². The van der Waals surface area contributed by atoms with Gasteiger partial charge in [-0.15, -0.1) is 10.2 Å². The number of aromatic nitrogens is 3. The van der Waals surface area contributed by atoms with Gasteiger partial charge in [-0.3, -0.25) is 4.79 Å². The molecular formula is C18H16ClN5O. The molecule has 1 unspecified atom stereocenters. The SMILES string of the molecule is O=C(NC1CCc2ccccc21)c1n[nH]nc1Nc1ccc(Cl)cc1. The molecule has 126 valence electrons. The Morgan fingerprint density at radius 2 is 1.92 bits per heavy atom. The zero-order chi connectivity index (χ0) is 17.2. The molecule has 0 saturated heterocycles. The second kappa shape index (κ2) is 6.57. The van der Waals surface area contributed by atoms with Crippen LogP contribution in [0.4, 0.5) is 11.5 Å². The van der Waals surface area contributed by atoms with Gasteiger partial charge in [-0.25, -0.2) is 0 Å².